The van der Waals surface area contributed by atoms with Crippen LogP contribution in [-0.2, 0) is 5.41 Å². The fraction of sp³-hybridized carbons (Fsp3) is 0.192. The van der Waals surface area contributed by atoms with Crippen molar-refractivity contribution < 1.29 is 4.42 Å². The van der Waals surface area contributed by atoms with E-state index in [1.807, 2.05) is 0 Å². The minimum Gasteiger partial charge on any atom is -0.455 e. The lowest BCUT2D eigenvalue weighted by Crippen LogP contribution is -2.13. The molecule has 9 rings (SSSR count). The number of rotatable bonds is 7. The molecule has 0 aliphatic carbocycles. The number of benzene rings is 6. The van der Waals surface area contributed by atoms with Crippen molar-refractivity contribution in [3.05, 3.63) is 162 Å². The first-order valence-electron chi connectivity index (χ1n) is 19.8. The van der Waals surface area contributed by atoms with Crippen LogP contribution in [0.4, 0.5) is 0 Å². The fourth-order valence-corrected chi connectivity index (χ4v) is 8.04. The van der Waals surface area contributed by atoms with E-state index in [9.17, 15) is 0 Å². The van der Waals surface area contributed by atoms with Gasteiger partial charge in [-0.3, -0.25) is 4.57 Å². The minimum absolute atomic E-state index is 0.125. The van der Waals surface area contributed by atoms with E-state index in [2.05, 4.69) is 199 Å². The molecule has 6 aromatic carbocycles. The van der Waals surface area contributed by atoms with E-state index >= 15 is 0 Å². The quantitative estimate of drug-likeness (QED) is 0.164. The molecule has 0 atom stereocenters. The molecule has 0 N–H and O–H groups in total. The molecule has 0 saturated carbocycles. The maximum absolute atomic E-state index is 6.92. The van der Waals surface area contributed by atoms with Gasteiger partial charge in [-0.1, -0.05) is 152 Å². The Hall–Kier alpha value is -6.26. The zero-order valence-corrected chi connectivity index (χ0v) is 33.3. The molecule has 276 valence electrons. The number of hydrogen-bond donors (Lipinski definition) is 0. The Kier molecular flexibility index (Phi) is 8.73. The third-order valence-corrected chi connectivity index (χ3v) is 11.1. The zero-order valence-electron chi connectivity index (χ0n) is 33.3. The average Bonchev–Trinajstić information content (AvgIpc) is 3.78. The van der Waals surface area contributed by atoms with Gasteiger partial charge in [0, 0.05) is 21.9 Å². The van der Waals surface area contributed by atoms with E-state index in [-0.39, 0.29) is 17.3 Å². The normalized spacial score (nSPS) is 12.2. The molecule has 0 amide bonds. The lowest BCUT2D eigenvalue weighted by Gasteiger charge is -2.24. The average molecular weight is 730 g/mol. The third-order valence-electron chi connectivity index (χ3n) is 11.1. The summed E-state index contributed by atoms with van der Waals surface area (Å²) in [5.41, 5.74) is 16.1. The van der Waals surface area contributed by atoms with Crippen LogP contribution < -0.4 is 0 Å². The molecule has 4 nitrogen and oxygen atoms in total. The van der Waals surface area contributed by atoms with Gasteiger partial charge < -0.3 is 4.42 Å². The topological polar surface area (TPSA) is 43.9 Å². The van der Waals surface area contributed by atoms with Gasteiger partial charge in [-0.15, -0.1) is 0 Å². The smallest absolute Gasteiger partial charge is 0.178 e. The third kappa shape index (κ3) is 6.20. The molecular weight excluding hydrogens is 683 g/mol. The van der Waals surface area contributed by atoms with Crippen molar-refractivity contribution in [2.75, 3.05) is 0 Å². The highest BCUT2D eigenvalue weighted by molar-refractivity contribution is 6.10. The van der Waals surface area contributed by atoms with Crippen LogP contribution >= 0.6 is 0 Å². The summed E-state index contributed by atoms with van der Waals surface area (Å²) < 4.78 is 9.29. The fourth-order valence-electron chi connectivity index (χ4n) is 8.04. The van der Waals surface area contributed by atoms with Crippen LogP contribution in [0.5, 0.6) is 0 Å². The maximum atomic E-state index is 6.92. The van der Waals surface area contributed by atoms with Crippen LogP contribution in [-0.4, -0.2) is 14.5 Å². The molecule has 3 aromatic heterocycles. The number of nitrogens with zero attached hydrogens (tertiary/aromatic N) is 3. The van der Waals surface area contributed by atoms with Crippen LogP contribution in [0.3, 0.4) is 0 Å². The minimum atomic E-state index is -0.125. The number of pyridine rings is 1. The van der Waals surface area contributed by atoms with Gasteiger partial charge in [0.25, 0.3) is 0 Å². The van der Waals surface area contributed by atoms with E-state index in [1.54, 1.807) is 0 Å². The summed E-state index contributed by atoms with van der Waals surface area (Å²) in [6, 6.07) is 52.2. The summed E-state index contributed by atoms with van der Waals surface area (Å²) in [5, 5.41) is 2.15. The SMILES string of the molecule is CC(C)c1cc(-c2ccccc2)cc(C(C)C)c1-n1c(-c2cccc3c2oc2cc(-c4ccc(-c5ccccc5)cc4)ccc23)nc2nc(C(C)(C)C)ccc21. The predicted molar refractivity (Wildman–Crippen MR) is 235 cm³/mol. The molecule has 0 bridgehead atoms. The van der Waals surface area contributed by atoms with Crippen molar-refractivity contribution in [2.45, 2.75) is 65.7 Å². The second-order valence-electron chi connectivity index (χ2n) is 16.7. The molecule has 0 saturated heterocycles. The van der Waals surface area contributed by atoms with Gasteiger partial charge in [0.2, 0.25) is 0 Å². The van der Waals surface area contributed by atoms with E-state index in [4.69, 9.17) is 14.4 Å². The van der Waals surface area contributed by atoms with Gasteiger partial charge in [0.05, 0.1) is 16.8 Å². The number of furan rings is 1. The van der Waals surface area contributed by atoms with E-state index in [0.717, 1.165) is 61.3 Å². The molecule has 56 heavy (non-hydrogen) atoms. The summed E-state index contributed by atoms with van der Waals surface area (Å²) in [6.07, 6.45) is 0. The molecule has 0 aliphatic heterocycles. The first-order chi connectivity index (χ1) is 27.0. The molecule has 0 spiro atoms. The Bertz CT molecular complexity index is 2840. The van der Waals surface area contributed by atoms with Crippen molar-refractivity contribution in [1.29, 1.82) is 0 Å². The summed E-state index contributed by atoms with van der Waals surface area (Å²) in [7, 11) is 0. The van der Waals surface area contributed by atoms with Gasteiger partial charge in [0.15, 0.2) is 11.5 Å². The molecule has 0 radical (unpaired) electrons. The molecule has 0 aliphatic rings. The van der Waals surface area contributed by atoms with Crippen LogP contribution in [0.2, 0.25) is 0 Å². The van der Waals surface area contributed by atoms with E-state index in [0.29, 0.717) is 0 Å². The van der Waals surface area contributed by atoms with E-state index < -0.39 is 0 Å². The molecule has 9 aromatic rings. The highest BCUT2D eigenvalue weighted by Gasteiger charge is 2.27. The van der Waals surface area contributed by atoms with Gasteiger partial charge in [-0.05, 0) is 98.8 Å². The van der Waals surface area contributed by atoms with Crippen molar-refractivity contribution >= 4 is 33.1 Å². The summed E-state index contributed by atoms with van der Waals surface area (Å²) in [5.74, 6) is 1.33. The molecule has 0 unspecified atom stereocenters. The number of imidazole rings is 1. The van der Waals surface area contributed by atoms with Gasteiger partial charge in [0.1, 0.15) is 11.2 Å². The standard InChI is InChI=1S/C52H47N3O/c1-32(2)43-29-39(35-17-12-9-13-18-35)30-44(33(3)4)48(43)55-45-27-28-47(52(5,6)7)53-50(45)54-51(55)42-20-14-19-41-40-26-25-38(31-46(40)56-49(41)42)37-23-21-36(22-24-37)34-15-10-8-11-16-34/h8-33H,1-7H3. The van der Waals surface area contributed by atoms with Crippen molar-refractivity contribution in [3.63, 3.8) is 0 Å². The van der Waals surface area contributed by atoms with Crippen molar-refractivity contribution in [2.24, 2.45) is 0 Å². The monoisotopic (exact) mass is 729 g/mol. The number of para-hydroxylation sites is 1. The highest BCUT2D eigenvalue weighted by Crippen LogP contribution is 2.43. The Labute approximate surface area is 329 Å². The van der Waals surface area contributed by atoms with Crippen LogP contribution in [0.15, 0.2) is 150 Å². The largest absolute Gasteiger partial charge is 0.455 e. The Morgan fingerprint density at radius 3 is 1.70 bits per heavy atom. The highest BCUT2D eigenvalue weighted by atomic mass is 16.3. The van der Waals surface area contributed by atoms with Gasteiger partial charge in [-0.2, -0.15) is 0 Å². The number of hydrogen-bond acceptors (Lipinski definition) is 3. The van der Waals surface area contributed by atoms with Crippen molar-refractivity contribution in [1.82, 2.24) is 14.5 Å². The Morgan fingerprint density at radius 2 is 1.09 bits per heavy atom. The molecule has 4 heteroatoms. The summed E-state index contributed by atoms with van der Waals surface area (Å²) in [6.45, 7) is 15.8. The number of fused-ring (bicyclic) bond motifs is 4. The summed E-state index contributed by atoms with van der Waals surface area (Å²) in [4.78, 5) is 10.6. The van der Waals surface area contributed by atoms with E-state index in [1.165, 1.54) is 39.1 Å². The van der Waals surface area contributed by atoms with Crippen molar-refractivity contribution in [3.8, 4) is 50.5 Å². The number of aromatic nitrogens is 3. The van der Waals surface area contributed by atoms with Crippen LogP contribution in [0.1, 0.15) is 77.1 Å². The lowest BCUT2D eigenvalue weighted by molar-refractivity contribution is 0.571. The summed E-state index contributed by atoms with van der Waals surface area (Å²) >= 11 is 0. The molecule has 0 fully saturated rings. The lowest BCUT2D eigenvalue weighted by atomic mass is 9.88. The molecule has 3 heterocycles. The second-order valence-corrected chi connectivity index (χ2v) is 16.7. The predicted octanol–water partition coefficient (Wildman–Crippen LogP) is 14.5. The zero-order chi connectivity index (χ0) is 38.7. The second kappa shape index (κ2) is 13.8. The molecular formula is C52H47N3O. The first-order valence-corrected chi connectivity index (χ1v) is 19.8. The van der Waals surface area contributed by atoms with Gasteiger partial charge in [-0.25, -0.2) is 9.97 Å². The van der Waals surface area contributed by atoms with Gasteiger partial charge >= 0.3 is 0 Å². The van der Waals surface area contributed by atoms with Crippen LogP contribution in [0.25, 0.3) is 83.6 Å². The Morgan fingerprint density at radius 1 is 0.518 bits per heavy atom. The van der Waals surface area contributed by atoms with Crippen LogP contribution in [0, 0.1) is 0 Å². The first kappa shape index (κ1) is 35.4. The Balaban J connectivity index is 1.26. The maximum Gasteiger partial charge on any atom is 0.178 e.